The number of rotatable bonds is 5. The summed E-state index contributed by atoms with van der Waals surface area (Å²) in [6.07, 6.45) is 0. The van der Waals surface area contributed by atoms with Crippen molar-refractivity contribution in [1.82, 2.24) is 0 Å². The van der Waals surface area contributed by atoms with Crippen LogP contribution in [0.5, 0.6) is 0 Å². The Kier molecular flexibility index (Phi) is 8.43. The highest BCUT2D eigenvalue weighted by Crippen LogP contribution is 2.10. The summed E-state index contributed by atoms with van der Waals surface area (Å²) in [5.41, 5.74) is 0.655. The number of aromatic carboxylic acids is 1. The lowest BCUT2D eigenvalue weighted by Crippen LogP contribution is -2.11. The lowest BCUT2D eigenvalue weighted by molar-refractivity contribution is 0.0511. The average Bonchev–Trinajstić information content (AvgIpc) is 2.63. The van der Waals surface area contributed by atoms with Gasteiger partial charge in [0.1, 0.15) is 0 Å². The Labute approximate surface area is 146 Å². The van der Waals surface area contributed by atoms with E-state index in [1.165, 1.54) is 12.1 Å². The third-order valence-electron chi connectivity index (χ3n) is 2.94. The summed E-state index contributed by atoms with van der Waals surface area (Å²) in [4.78, 5) is 33.0. The molecule has 0 spiro atoms. The molecule has 0 fully saturated rings. The molecular formula is C19H20O6. The van der Waals surface area contributed by atoms with Crippen LogP contribution in [-0.4, -0.2) is 36.2 Å². The number of benzene rings is 2. The van der Waals surface area contributed by atoms with Crippen LogP contribution in [0.4, 0.5) is 0 Å². The molecule has 2 rings (SSSR count). The zero-order valence-electron chi connectivity index (χ0n) is 14.1. The van der Waals surface area contributed by atoms with E-state index >= 15 is 0 Å². The predicted molar refractivity (Wildman–Crippen MR) is 91.8 cm³/mol. The maximum atomic E-state index is 11.3. The highest BCUT2D eigenvalue weighted by Gasteiger charge is 2.15. The summed E-state index contributed by atoms with van der Waals surface area (Å²) in [5.74, 6) is -1.99. The molecule has 0 aliphatic heterocycles. The number of carbonyl (C=O) groups is 3. The van der Waals surface area contributed by atoms with Crippen LogP contribution >= 0.6 is 0 Å². The maximum absolute atomic E-state index is 11.3. The minimum atomic E-state index is -1.13. The zero-order chi connectivity index (χ0) is 18.7. The van der Waals surface area contributed by atoms with Gasteiger partial charge in [-0.05, 0) is 38.1 Å². The number of esters is 2. The molecule has 0 aliphatic carbocycles. The van der Waals surface area contributed by atoms with Crippen molar-refractivity contribution in [3.05, 3.63) is 71.3 Å². The summed E-state index contributed by atoms with van der Waals surface area (Å²) in [7, 11) is 0. The number of carbonyl (C=O) groups excluding carboxylic acids is 2. The van der Waals surface area contributed by atoms with E-state index in [-0.39, 0.29) is 23.7 Å². The Morgan fingerprint density at radius 3 is 1.76 bits per heavy atom. The number of hydrogen-bond acceptors (Lipinski definition) is 5. The molecule has 0 unspecified atom stereocenters. The van der Waals surface area contributed by atoms with Crippen molar-refractivity contribution in [3.8, 4) is 0 Å². The van der Waals surface area contributed by atoms with Crippen LogP contribution in [0.1, 0.15) is 44.9 Å². The fourth-order valence-electron chi connectivity index (χ4n) is 1.85. The standard InChI is InChI=1S/C10H10O4.C9H10O2/c1-2-14-10(13)8-6-4-3-5-7(8)9(11)12;1-2-11-9(10)8-6-4-3-5-7-8/h3-6H,2H2,1H3,(H,11,12);3-7H,2H2,1H3. The first-order valence-corrected chi connectivity index (χ1v) is 7.72. The fraction of sp³-hybridized carbons (Fsp3) is 0.211. The highest BCUT2D eigenvalue weighted by atomic mass is 16.5. The monoisotopic (exact) mass is 344 g/mol. The van der Waals surface area contributed by atoms with Crippen LogP contribution in [0.3, 0.4) is 0 Å². The second-order valence-electron chi connectivity index (χ2n) is 4.66. The van der Waals surface area contributed by atoms with E-state index in [2.05, 4.69) is 0 Å². The minimum absolute atomic E-state index is 0.0362. The number of carboxylic acid groups (broad SMARTS) is 1. The molecule has 2 aromatic rings. The Morgan fingerprint density at radius 2 is 1.24 bits per heavy atom. The molecule has 2 aromatic carbocycles. The Bertz CT molecular complexity index is 709. The molecule has 25 heavy (non-hydrogen) atoms. The molecule has 6 nitrogen and oxygen atoms in total. The van der Waals surface area contributed by atoms with Crippen molar-refractivity contribution in [2.45, 2.75) is 13.8 Å². The van der Waals surface area contributed by atoms with Gasteiger partial charge >= 0.3 is 17.9 Å². The smallest absolute Gasteiger partial charge is 0.338 e. The number of ether oxygens (including phenoxy) is 2. The molecule has 132 valence electrons. The van der Waals surface area contributed by atoms with Gasteiger partial charge in [-0.25, -0.2) is 14.4 Å². The third kappa shape index (κ3) is 6.47. The Morgan fingerprint density at radius 1 is 0.760 bits per heavy atom. The summed E-state index contributed by atoms with van der Waals surface area (Å²) in [6, 6.07) is 14.9. The third-order valence-corrected chi connectivity index (χ3v) is 2.94. The number of carboxylic acids is 1. The van der Waals surface area contributed by atoms with Gasteiger partial charge in [0.05, 0.1) is 29.9 Å². The van der Waals surface area contributed by atoms with Gasteiger partial charge in [0, 0.05) is 0 Å². The quantitative estimate of drug-likeness (QED) is 0.836. The summed E-state index contributed by atoms with van der Waals surface area (Å²) >= 11 is 0. The van der Waals surface area contributed by atoms with Crippen molar-refractivity contribution in [2.24, 2.45) is 0 Å². The number of hydrogen-bond donors (Lipinski definition) is 1. The zero-order valence-corrected chi connectivity index (χ0v) is 14.1. The lowest BCUT2D eigenvalue weighted by Gasteiger charge is -2.04. The highest BCUT2D eigenvalue weighted by molar-refractivity contribution is 6.02. The first-order valence-electron chi connectivity index (χ1n) is 7.72. The molecule has 0 bridgehead atoms. The summed E-state index contributed by atoms with van der Waals surface area (Å²) in [5, 5.41) is 8.77. The molecule has 0 heterocycles. The topological polar surface area (TPSA) is 89.9 Å². The van der Waals surface area contributed by atoms with Gasteiger partial charge in [0.25, 0.3) is 0 Å². The van der Waals surface area contributed by atoms with E-state index in [0.29, 0.717) is 12.2 Å². The Balaban J connectivity index is 0.000000257. The van der Waals surface area contributed by atoms with E-state index in [1.807, 2.05) is 18.2 Å². The molecule has 0 saturated carbocycles. The van der Waals surface area contributed by atoms with E-state index in [0.717, 1.165) is 0 Å². The van der Waals surface area contributed by atoms with Crippen LogP contribution in [-0.2, 0) is 9.47 Å². The molecule has 1 N–H and O–H groups in total. The van der Waals surface area contributed by atoms with E-state index in [1.54, 1.807) is 38.1 Å². The van der Waals surface area contributed by atoms with Crippen LogP contribution < -0.4 is 0 Å². The van der Waals surface area contributed by atoms with Gasteiger partial charge in [-0.3, -0.25) is 0 Å². The summed E-state index contributed by atoms with van der Waals surface area (Å²) < 4.78 is 9.51. The fourth-order valence-corrected chi connectivity index (χ4v) is 1.85. The molecule has 0 saturated heterocycles. The van der Waals surface area contributed by atoms with Crippen molar-refractivity contribution < 1.29 is 29.0 Å². The van der Waals surface area contributed by atoms with Gasteiger partial charge in [0.2, 0.25) is 0 Å². The van der Waals surface area contributed by atoms with Gasteiger partial charge in [-0.2, -0.15) is 0 Å². The molecule has 0 aromatic heterocycles. The lowest BCUT2D eigenvalue weighted by atomic mass is 10.1. The van der Waals surface area contributed by atoms with Crippen LogP contribution in [0.25, 0.3) is 0 Å². The first-order chi connectivity index (χ1) is 12.0. The average molecular weight is 344 g/mol. The van der Waals surface area contributed by atoms with Crippen molar-refractivity contribution in [3.63, 3.8) is 0 Å². The van der Waals surface area contributed by atoms with E-state index in [9.17, 15) is 14.4 Å². The van der Waals surface area contributed by atoms with Gasteiger partial charge in [0.15, 0.2) is 0 Å². The largest absolute Gasteiger partial charge is 0.478 e. The predicted octanol–water partition coefficient (Wildman–Crippen LogP) is 3.42. The van der Waals surface area contributed by atoms with Crippen molar-refractivity contribution in [1.29, 1.82) is 0 Å². The molecule has 0 radical (unpaired) electrons. The Hall–Kier alpha value is -3.15. The van der Waals surface area contributed by atoms with Gasteiger partial charge in [-0.15, -0.1) is 0 Å². The SMILES string of the molecule is CCOC(=O)c1ccccc1.CCOC(=O)c1ccccc1C(=O)O. The normalized spacial score (nSPS) is 9.36. The van der Waals surface area contributed by atoms with Gasteiger partial charge < -0.3 is 14.6 Å². The minimum Gasteiger partial charge on any atom is -0.478 e. The maximum Gasteiger partial charge on any atom is 0.338 e. The first kappa shape index (κ1) is 19.9. The van der Waals surface area contributed by atoms with Crippen LogP contribution in [0.15, 0.2) is 54.6 Å². The van der Waals surface area contributed by atoms with Gasteiger partial charge in [-0.1, -0.05) is 30.3 Å². The van der Waals surface area contributed by atoms with Crippen molar-refractivity contribution in [2.75, 3.05) is 13.2 Å². The molecular weight excluding hydrogens is 324 g/mol. The van der Waals surface area contributed by atoms with Crippen molar-refractivity contribution >= 4 is 17.9 Å². The van der Waals surface area contributed by atoms with E-state index in [4.69, 9.17) is 14.6 Å². The molecule has 0 amide bonds. The molecule has 6 heteroatoms. The van der Waals surface area contributed by atoms with E-state index < -0.39 is 11.9 Å². The van der Waals surface area contributed by atoms with Crippen LogP contribution in [0, 0.1) is 0 Å². The molecule has 0 aliphatic rings. The summed E-state index contributed by atoms with van der Waals surface area (Å²) in [6.45, 7) is 4.11. The molecule has 0 atom stereocenters. The second-order valence-corrected chi connectivity index (χ2v) is 4.66. The second kappa shape index (κ2) is 10.6. The van der Waals surface area contributed by atoms with Crippen LogP contribution in [0.2, 0.25) is 0 Å².